The highest BCUT2D eigenvalue weighted by Crippen LogP contribution is 1.94. The van der Waals surface area contributed by atoms with Crippen LogP contribution in [0.5, 0.6) is 0 Å². The van der Waals surface area contributed by atoms with Gasteiger partial charge in [0, 0.05) is 12.4 Å². The van der Waals surface area contributed by atoms with Gasteiger partial charge in [0.25, 0.3) is 0 Å². The van der Waals surface area contributed by atoms with E-state index >= 15 is 0 Å². The maximum atomic E-state index is 5.35. The van der Waals surface area contributed by atoms with E-state index in [0.717, 1.165) is 0 Å². The lowest BCUT2D eigenvalue weighted by Gasteiger charge is -1.96. The van der Waals surface area contributed by atoms with Crippen molar-refractivity contribution in [2.75, 3.05) is 5.73 Å². The second kappa shape index (κ2) is 3.18. The first kappa shape index (κ1) is 7.66. The quantitative estimate of drug-likeness (QED) is 0.679. The molecule has 6 nitrogen and oxygen atoms in total. The SMILES string of the molecule is Nc1ncn(Cc2ncccn2)n1. The molecule has 0 bridgehead atoms. The molecule has 66 valence electrons. The van der Waals surface area contributed by atoms with Gasteiger partial charge in [-0.05, 0) is 6.07 Å². The van der Waals surface area contributed by atoms with E-state index in [2.05, 4.69) is 20.1 Å². The summed E-state index contributed by atoms with van der Waals surface area (Å²) in [6.45, 7) is 0.491. The molecule has 0 aliphatic rings. The number of aromatic nitrogens is 5. The van der Waals surface area contributed by atoms with Crippen molar-refractivity contribution in [2.45, 2.75) is 6.54 Å². The molecule has 2 aromatic heterocycles. The molecule has 0 fully saturated rings. The molecule has 2 aromatic rings. The van der Waals surface area contributed by atoms with Crippen LogP contribution in [0.25, 0.3) is 0 Å². The largest absolute Gasteiger partial charge is 0.367 e. The van der Waals surface area contributed by atoms with Gasteiger partial charge in [0.1, 0.15) is 18.7 Å². The van der Waals surface area contributed by atoms with Crippen LogP contribution < -0.4 is 5.73 Å². The first-order valence-electron chi connectivity index (χ1n) is 3.75. The van der Waals surface area contributed by atoms with Crippen molar-refractivity contribution in [3.63, 3.8) is 0 Å². The van der Waals surface area contributed by atoms with Crippen LogP contribution in [-0.4, -0.2) is 24.7 Å². The van der Waals surface area contributed by atoms with E-state index in [1.54, 1.807) is 29.5 Å². The molecule has 0 saturated carbocycles. The highest BCUT2D eigenvalue weighted by Gasteiger charge is 1.98. The minimum absolute atomic E-state index is 0.260. The minimum atomic E-state index is 0.260. The summed E-state index contributed by atoms with van der Waals surface area (Å²) < 4.78 is 1.59. The standard InChI is InChI=1S/C7H8N6/c8-7-11-5-13(12-7)4-6-9-2-1-3-10-6/h1-3,5H,4H2,(H2,8,12). The van der Waals surface area contributed by atoms with Crippen LogP contribution in [-0.2, 0) is 6.54 Å². The number of hydrogen-bond donors (Lipinski definition) is 1. The Bertz CT molecular complexity index is 381. The van der Waals surface area contributed by atoms with Crippen molar-refractivity contribution in [1.82, 2.24) is 24.7 Å². The Balaban J connectivity index is 2.15. The lowest BCUT2D eigenvalue weighted by atomic mass is 10.5. The number of nitrogen functional groups attached to an aromatic ring is 1. The Kier molecular flexibility index (Phi) is 1.87. The third kappa shape index (κ3) is 1.78. The van der Waals surface area contributed by atoms with Gasteiger partial charge in [0.15, 0.2) is 0 Å². The molecule has 2 heterocycles. The number of rotatable bonds is 2. The molecule has 2 rings (SSSR count). The molecule has 0 aromatic carbocycles. The molecule has 0 aliphatic carbocycles. The van der Waals surface area contributed by atoms with E-state index < -0.39 is 0 Å². The van der Waals surface area contributed by atoms with Crippen LogP contribution in [0.3, 0.4) is 0 Å². The van der Waals surface area contributed by atoms with Crippen molar-refractivity contribution in [3.8, 4) is 0 Å². The minimum Gasteiger partial charge on any atom is -0.367 e. The lowest BCUT2D eigenvalue weighted by Crippen LogP contribution is -2.04. The second-order valence-electron chi connectivity index (χ2n) is 2.47. The molecule has 0 atom stereocenters. The summed E-state index contributed by atoms with van der Waals surface area (Å²) in [6, 6.07) is 1.76. The topological polar surface area (TPSA) is 82.5 Å². The molecule has 13 heavy (non-hydrogen) atoms. The number of nitrogens with two attached hydrogens (primary N) is 1. The van der Waals surface area contributed by atoms with Gasteiger partial charge in [0.2, 0.25) is 5.95 Å². The van der Waals surface area contributed by atoms with Gasteiger partial charge < -0.3 is 5.73 Å². The normalized spacial score (nSPS) is 10.2. The van der Waals surface area contributed by atoms with Gasteiger partial charge in [-0.25, -0.2) is 19.6 Å². The third-order valence-electron chi connectivity index (χ3n) is 1.48. The fourth-order valence-corrected chi connectivity index (χ4v) is 0.942. The van der Waals surface area contributed by atoms with E-state index in [1.165, 1.54) is 0 Å². The van der Waals surface area contributed by atoms with E-state index in [0.29, 0.717) is 12.4 Å². The third-order valence-corrected chi connectivity index (χ3v) is 1.48. The summed E-state index contributed by atoms with van der Waals surface area (Å²) in [5.74, 6) is 0.948. The molecular weight excluding hydrogens is 168 g/mol. The Hall–Kier alpha value is -1.98. The molecule has 6 heteroatoms. The summed E-state index contributed by atoms with van der Waals surface area (Å²) in [5, 5.41) is 3.91. The van der Waals surface area contributed by atoms with E-state index in [4.69, 9.17) is 5.73 Å². The predicted octanol–water partition coefficient (Wildman–Crippen LogP) is -0.301. The summed E-state index contributed by atoms with van der Waals surface area (Å²) in [7, 11) is 0. The zero-order valence-electron chi connectivity index (χ0n) is 6.83. The van der Waals surface area contributed by atoms with Crippen molar-refractivity contribution < 1.29 is 0 Å². The molecule has 0 radical (unpaired) electrons. The molecule has 0 unspecified atom stereocenters. The van der Waals surface area contributed by atoms with Crippen molar-refractivity contribution in [3.05, 3.63) is 30.6 Å². The van der Waals surface area contributed by atoms with Crippen molar-refractivity contribution in [1.29, 1.82) is 0 Å². The molecule has 2 N–H and O–H groups in total. The van der Waals surface area contributed by atoms with Crippen LogP contribution in [0.15, 0.2) is 24.8 Å². The molecule has 0 spiro atoms. The Labute approximate surface area is 74.5 Å². The first-order chi connectivity index (χ1) is 6.34. The maximum Gasteiger partial charge on any atom is 0.239 e. The number of hydrogen-bond acceptors (Lipinski definition) is 5. The average molecular weight is 176 g/mol. The second-order valence-corrected chi connectivity index (χ2v) is 2.47. The van der Waals surface area contributed by atoms with Gasteiger partial charge in [0.05, 0.1) is 0 Å². The number of anilines is 1. The highest BCUT2D eigenvalue weighted by atomic mass is 15.4. The van der Waals surface area contributed by atoms with Gasteiger partial charge in [-0.3, -0.25) is 0 Å². The van der Waals surface area contributed by atoms with Crippen LogP contribution in [0.2, 0.25) is 0 Å². The number of nitrogens with zero attached hydrogens (tertiary/aromatic N) is 5. The molecular formula is C7H8N6. The summed E-state index contributed by atoms with van der Waals surface area (Å²) in [4.78, 5) is 11.9. The van der Waals surface area contributed by atoms with E-state index in [1.807, 2.05) is 0 Å². The summed E-state index contributed by atoms with van der Waals surface area (Å²) >= 11 is 0. The van der Waals surface area contributed by atoms with E-state index in [-0.39, 0.29) is 5.95 Å². The fourth-order valence-electron chi connectivity index (χ4n) is 0.942. The zero-order valence-corrected chi connectivity index (χ0v) is 6.83. The predicted molar refractivity (Wildman–Crippen MR) is 45.6 cm³/mol. The van der Waals surface area contributed by atoms with E-state index in [9.17, 15) is 0 Å². The van der Waals surface area contributed by atoms with Crippen molar-refractivity contribution in [2.24, 2.45) is 0 Å². The fraction of sp³-hybridized carbons (Fsp3) is 0.143. The van der Waals surface area contributed by atoms with Gasteiger partial charge in [-0.1, -0.05) is 0 Å². The lowest BCUT2D eigenvalue weighted by molar-refractivity contribution is 0.655. The van der Waals surface area contributed by atoms with Crippen molar-refractivity contribution >= 4 is 5.95 Å². The maximum absolute atomic E-state index is 5.35. The Morgan fingerprint density at radius 2 is 2.00 bits per heavy atom. The van der Waals surface area contributed by atoms with Crippen LogP contribution in [0.1, 0.15) is 5.82 Å². The zero-order chi connectivity index (χ0) is 9.10. The molecule has 0 amide bonds. The first-order valence-corrected chi connectivity index (χ1v) is 3.75. The Morgan fingerprint density at radius 1 is 1.23 bits per heavy atom. The summed E-state index contributed by atoms with van der Waals surface area (Å²) in [6.07, 6.45) is 4.91. The van der Waals surface area contributed by atoms with Gasteiger partial charge in [-0.15, -0.1) is 5.10 Å². The molecule has 0 saturated heterocycles. The summed E-state index contributed by atoms with van der Waals surface area (Å²) in [5.41, 5.74) is 5.35. The van der Waals surface area contributed by atoms with Crippen LogP contribution in [0.4, 0.5) is 5.95 Å². The Morgan fingerprint density at radius 3 is 2.62 bits per heavy atom. The van der Waals surface area contributed by atoms with Gasteiger partial charge >= 0.3 is 0 Å². The molecule has 0 aliphatic heterocycles. The van der Waals surface area contributed by atoms with Crippen LogP contribution in [0, 0.1) is 0 Å². The highest BCUT2D eigenvalue weighted by molar-refractivity contribution is 5.09. The average Bonchev–Trinajstić information content (AvgIpc) is 2.53. The van der Waals surface area contributed by atoms with Gasteiger partial charge in [-0.2, -0.15) is 0 Å². The smallest absolute Gasteiger partial charge is 0.239 e. The monoisotopic (exact) mass is 176 g/mol. The van der Waals surface area contributed by atoms with Crippen LogP contribution >= 0.6 is 0 Å².